The number of aliphatic hydroxyl groups is 1. The van der Waals surface area contributed by atoms with Gasteiger partial charge in [-0.3, -0.25) is 0 Å². The number of nitrogens with two attached hydrogens (primary N) is 1. The standard InChI is InChI=1S/C11H25NO2/c1-5-11(6-2,9-12)14-8-7-10(3,4)13/h13H,5-9,12H2,1-4H3. The number of ether oxygens (including phenoxy) is 1. The van der Waals surface area contributed by atoms with Gasteiger partial charge in [0.05, 0.1) is 17.8 Å². The number of hydrogen-bond acceptors (Lipinski definition) is 3. The molecule has 0 saturated carbocycles. The SMILES string of the molecule is CCC(CC)(CN)OCCC(C)(C)O. The summed E-state index contributed by atoms with van der Waals surface area (Å²) in [7, 11) is 0. The first kappa shape index (κ1) is 13.9. The molecule has 86 valence electrons. The summed E-state index contributed by atoms with van der Waals surface area (Å²) >= 11 is 0. The van der Waals surface area contributed by atoms with Gasteiger partial charge in [-0.25, -0.2) is 0 Å². The van der Waals surface area contributed by atoms with Crippen LogP contribution in [0.1, 0.15) is 47.0 Å². The Labute approximate surface area is 87.6 Å². The maximum atomic E-state index is 9.52. The van der Waals surface area contributed by atoms with E-state index in [1.165, 1.54) is 0 Å². The van der Waals surface area contributed by atoms with Crippen molar-refractivity contribution < 1.29 is 9.84 Å². The van der Waals surface area contributed by atoms with E-state index in [1.54, 1.807) is 13.8 Å². The highest BCUT2D eigenvalue weighted by Gasteiger charge is 2.25. The second-order valence-electron chi connectivity index (χ2n) is 4.51. The van der Waals surface area contributed by atoms with Gasteiger partial charge in [0.2, 0.25) is 0 Å². The third kappa shape index (κ3) is 4.94. The zero-order valence-electron chi connectivity index (χ0n) is 9.97. The molecule has 0 bridgehead atoms. The molecule has 0 fully saturated rings. The second-order valence-corrected chi connectivity index (χ2v) is 4.51. The van der Waals surface area contributed by atoms with Gasteiger partial charge in [-0.1, -0.05) is 13.8 Å². The highest BCUT2D eigenvalue weighted by Crippen LogP contribution is 2.20. The van der Waals surface area contributed by atoms with Crippen LogP contribution in [0.2, 0.25) is 0 Å². The minimum atomic E-state index is -0.651. The Morgan fingerprint density at radius 1 is 1.21 bits per heavy atom. The summed E-state index contributed by atoms with van der Waals surface area (Å²) < 4.78 is 5.77. The largest absolute Gasteiger partial charge is 0.390 e. The van der Waals surface area contributed by atoms with Gasteiger partial charge in [-0.2, -0.15) is 0 Å². The molecule has 3 nitrogen and oxygen atoms in total. The lowest BCUT2D eigenvalue weighted by Crippen LogP contribution is -2.40. The molecule has 0 aromatic carbocycles. The molecule has 0 aliphatic carbocycles. The molecule has 14 heavy (non-hydrogen) atoms. The predicted molar refractivity (Wildman–Crippen MR) is 59.2 cm³/mol. The Morgan fingerprint density at radius 2 is 1.71 bits per heavy atom. The lowest BCUT2D eigenvalue weighted by atomic mass is 9.97. The van der Waals surface area contributed by atoms with Crippen LogP contribution in [0.15, 0.2) is 0 Å². The molecule has 0 spiro atoms. The Morgan fingerprint density at radius 3 is 2.00 bits per heavy atom. The van der Waals surface area contributed by atoms with Crippen LogP contribution >= 0.6 is 0 Å². The van der Waals surface area contributed by atoms with Gasteiger partial charge in [0.25, 0.3) is 0 Å². The quantitative estimate of drug-likeness (QED) is 0.662. The van der Waals surface area contributed by atoms with Crippen LogP contribution in [-0.4, -0.2) is 29.5 Å². The van der Waals surface area contributed by atoms with Gasteiger partial charge in [-0.05, 0) is 33.1 Å². The van der Waals surface area contributed by atoms with E-state index in [2.05, 4.69) is 13.8 Å². The van der Waals surface area contributed by atoms with Crippen molar-refractivity contribution in [1.82, 2.24) is 0 Å². The van der Waals surface area contributed by atoms with Crippen molar-refractivity contribution in [2.24, 2.45) is 5.73 Å². The molecule has 0 rings (SSSR count). The average Bonchev–Trinajstić information content (AvgIpc) is 2.11. The summed E-state index contributed by atoms with van der Waals surface area (Å²) in [5.41, 5.74) is 4.85. The molecule has 3 N–H and O–H groups in total. The van der Waals surface area contributed by atoms with Crippen molar-refractivity contribution in [3.8, 4) is 0 Å². The van der Waals surface area contributed by atoms with Crippen LogP contribution in [0.4, 0.5) is 0 Å². The van der Waals surface area contributed by atoms with Gasteiger partial charge in [0, 0.05) is 6.54 Å². The van der Waals surface area contributed by atoms with Gasteiger partial charge in [-0.15, -0.1) is 0 Å². The summed E-state index contributed by atoms with van der Waals surface area (Å²) in [5, 5.41) is 9.52. The van der Waals surface area contributed by atoms with Gasteiger partial charge < -0.3 is 15.6 Å². The Kier molecular flexibility index (Phi) is 5.64. The number of rotatable bonds is 7. The van der Waals surface area contributed by atoms with Crippen LogP contribution in [0.25, 0.3) is 0 Å². The van der Waals surface area contributed by atoms with E-state index < -0.39 is 5.60 Å². The first-order chi connectivity index (χ1) is 6.39. The van der Waals surface area contributed by atoms with Crippen molar-refractivity contribution in [3.05, 3.63) is 0 Å². The van der Waals surface area contributed by atoms with Crippen LogP contribution < -0.4 is 5.73 Å². The smallest absolute Gasteiger partial charge is 0.0798 e. The molecule has 3 heteroatoms. The molecular formula is C11H25NO2. The van der Waals surface area contributed by atoms with Gasteiger partial charge in [0.1, 0.15) is 0 Å². The molecule has 0 unspecified atom stereocenters. The van der Waals surface area contributed by atoms with Crippen molar-refractivity contribution in [2.45, 2.75) is 58.2 Å². The van der Waals surface area contributed by atoms with E-state index in [9.17, 15) is 5.11 Å². The lowest BCUT2D eigenvalue weighted by Gasteiger charge is -2.31. The van der Waals surface area contributed by atoms with E-state index >= 15 is 0 Å². The fourth-order valence-electron chi connectivity index (χ4n) is 1.32. The van der Waals surface area contributed by atoms with Gasteiger partial charge in [0.15, 0.2) is 0 Å². The monoisotopic (exact) mass is 203 g/mol. The van der Waals surface area contributed by atoms with E-state index in [0.717, 1.165) is 12.8 Å². The van der Waals surface area contributed by atoms with Crippen molar-refractivity contribution in [2.75, 3.05) is 13.2 Å². The maximum absolute atomic E-state index is 9.52. The minimum absolute atomic E-state index is 0.189. The van der Waals surface area contributed by atoms with E-state index in [4.69, 9.17) is 10.5 Å². The van der Waals surface area contributed by atoms with Crippen LogP contribution in [0.3, 0.4) is 0 Å². The summed E-state index contributed by atoms with van der Waals surface area (Å²) in [4.78, 5) is 0. The summed E-state index contributed by atoms with van der Waals surface area (Å²) in [5.74, 6) is 0. The average molecular weight is 203 g/mol. The Balaban J connectivity index is 3.95. The fraction of sp³-hybridized carbons (Fsp3) is 1.00. The summed E-state index contributed by atoms with van der Waals surface area (Å²) in [6, 6.07) is 0. The molecule has 0 aromatic rings. The normalized spacial score (nSPS) is 13.3. The third-order valence-corrected chi connectivity index (χ3v) is 2.78. The minimum Gasteiger partial charge on any atom is -0.390 e. The molecular weight excluding hydrogens is 178 g/mol. The zero-order valence-corrected chi connectivity index (χ0v) is 9.97. The molecule has 0 radical (unpaired) electrons. The topological polar surface area (TPSA) is 55.5 Å². The van der Waals surface area contributed by atoms with E-state index in [1.807, 2.05) is 0 Å². The van der Waals surface area contributed by atoms with Crippen molar-refractivity contribution in [1.29, 1.82) is 0 Å². The molecule has 0 amide bonds. The number of hydrogen-bond donors (Lipinski definition) is 2. The maximum Gasteiger partial charge on any atom is 0.0798 e. The molecule has 0 heterocycles. The van der Waals surface area contributed by atoms with Crippen LogP contribution in [0.5, 0.6) is 0 Å². The molecule has 0 aromatic heterocycles. The van der Waals surface area contributed by atoms with E-state index in [0.29, 0.717) is 19.6 Å². The molecule has 0 saturated heterocycles. The van der Waals surface area contributed by atoms with E-state index in [-0.39, 0.29) is 5.60 Å². The summed E-state index contributed by atoms with van der Waals surface area (Å²) in [6.07, 6.45) is 2.49. The van der Waals surface area contributed by atoms with Crippen LogP contribution in [-0.2, 0) is 4.74 Å². The second kappa shape index (κ2) is 5.69. The summed E-state index contributed by atoms with van der Waals surface area (Å²) in [6.45, 7) is 8.87. The molecule has 0 atom stereocenters. The van der Waals surface area contributed by atoms with Crippen LogP contribution in [0, 0.1) is 0 Å². The van der Waals surface area contributed by atoms with Crippen molar-refractivity contribution >= 4 is 0 Å². The van der Waals surface area contributed by atoms with Crippen molar-refractivity contribution in [3.63, 3.8) is 0 Å². The van der Waals surface area contributed by atoms with Gasteiger partial charge >= 0.3 is 0 Å². The Hall–Kier alpha value is -0.120. The Bertz CT molecular complexity index is 140. The predicted octanol–water partition coefficient (Wildman–Crippen LogP) is 1.68. The molecule has 0 aliphatic heterocycles. The highest BCUT2D eigenvalue weighted by molar-refractivity contribution is 4.79. The fourth-order valence-corrected chi connectivity index (χ4v) is 1.32. The molecule has 0 aliphatic rings. The first-order valence-corrected chi connectivity index (χ1v) is 5.45. The first-order valence-electron chi connectivity index (χ1n) is 5.45. The zero-order chi connectivity index (χ0) is 11.2. The third-order valence-electron chi connectivity index (χ3n) is 2.78. The highest BCUT2D eigenvalue weighted by atomic mass is 16.5. The lowest BCUT2D eigenvalue weighted by molar-refractivity contribution is -0.0658.